The third-order valence-corrected chi connectivity index (χ3v) is 2.37. The van der Waals surface area contributed by atoms with Crippen LogP contribution in [-0.2, 0) is 0 Å². The van der Waals surface area contributed by atoms with Gasteiger partial charge in [0.05, 0.1) is 4.92 Å². The number of ether oxygens (including phenoxy) is 1. The van der Waals surface area contributed by atoms with Gasteiger partial charge in [0.1, 0.15) is 10.7 Å². The molecule has 0 N–H and O–H groups in total. The maximum absolute atomic E-state index is 12.4. The Kier molecular flexibility index (Phi) is 4.04. The van der Waals surface area contributed by atoms with Gasteiger partial charge in [-0.3, -0.25) is 10.1 Å². The second kappa shape index (κ2) is 5.00. The standard InChI is InChI=1S/C7H2BrF5N2O3/c8-3-2(15(16)17)1-14-4(6(9)10)5(3)18-7(11,12)13/h1,6H. The van der Waals surface area contributed by atoms with Gasteiger partial charge in [-0.1, -0.05) is 0 Å². The Hall–Kier alpha value is -1.52. The number of nitro groups is 1. The summed E-state index contributed by atoms with van der Waals surface area (Å²) in [5.41, 5.74) is -2.26. The van der Waals surface area contributed by atoms with E-state index in [1.807, 2.05) is 0 Å². The van der Waals surface area contributed by atoms with Crippen LogP contribution in [0.15, 0.2) is 10.7 Å². The maximum Gasteiger partial charge on any atom is 0.573 e. The third kappa shape index (κ3) is 3.24. The van der Waals surface area contributed by atoms with E-state index in [4.69, 9.17) is 0 Å². The number of aromatic nitrogens is 1. The highest BCUT2D eigenvalue weighted by Gasteiger charge is 2.37. The van der Waals surface area contributed by atoms with Crippen LogP contribution >= 0.6 is 15.9 Å². The normalized spacial score (nSPS) is 11.7. The molecule has 0 aliphatic carbocycles. The van der Waals surface area contributed by atoms with Crippen molar-refractivity contribution in [1.29, 1.82) is 0 Å². The molecule has 1 rings (SSSR count). The Morgan fingerprint density at radius 2 is 2.00 bits per heavy atom. The predicted molar refractivity (Wildman–Crippen MR) is 50.2 cm³/mol. The minimum atomic E-state index is -5.27. The van der Waals surface area contributed by atoms with Crippen LogP contribution in [0.2, 0.25) is 0 Å². The summed E-state index contributed by atoms with van der Waals surface area (Å²) >= 11 is 2.41. The molecule has 1 heterocycles. The molecule has 18 heavy (non-hydrogen) atoms. The molecular formula is C7H2BrF5N2O3. The molecule has 1 aromatic heterocycles. The highest BCUT2D eigenvalue weighted by atomic mass is 79.9. The molecule has 0 spiro atoms. The molecule has 0 aliphatic rings. The summed E-state index contributed by atoms with van der Waals surface area (Å²) in [4.78, 5) is 12.2. The van der Waals surface area contributed by atoms with Gasteiger partial charge in [0.2, 0.25) is 0 Å². The largest absolute Gasteiger partial charge is 0.573 e. The molecular weight excluding hydrogens is 335 g/mol. The van der Waals surface area contributed by atoms with Crippen molar-refractivity contribution in [2.45, 2.75) is 12.8 Å². The van der Waals surface area contributed by atoms with Gasteiger partial charge in [-0.05, 0) is 15.9 Å². The average Bonchev–Trinajstić information content (AvgIpc) is 2.17. The Morgan fingerprint density at radius 1 is 1.44 bits per heavy atom. The molecule has 0 saturated carbocycles. The van der Waals surface area contributed by atoms with Crippen molar-refractivity contribution >= 4 is 21.6 Å². The highest BCUT2D eigenvalue weighted by Crippen LogP contribution is 2.41. The van der Waals surface area contributed by atoms with E-state index in [-0.39, 0.29) is 0 Å². The molecule has 1 aromatic rings. The molecule has 0 amide bonds. The lowest BCUT2D eigenvalue weighted by molar-refractivity contribution is -0.386. The van der Waals surface area contributed by atoms with Crippen molar-refractivity contribution in [3.63, 3.8) is 0 Å². The van der Waals surface area contributed by atoms with Crippen LogP contribution in [0.25, 0.3) is 0 Å². The van der Waals surface area contributed by atoms with Gasteiger partial charge in [0.15, 0.2) is 11.4 Å². The van der Waals surface area contributed by atoms with Gasteiger partial charge in [-0.25, -0.2) is 13.8 Å². The minimum absolute atomic E-state index is 0.412. The number of hydrogen-bond acceptors (Lipinski definition) is 4. The van der Waals surface area contributed by atoms with E-state index in [0.717, 1.165) is 0 Å². The Bertz CT molecular complexity index is 479. The van der Waals surface area contributed by atoms with Gasteiger partial charge in [0.25, 0.3) is 6.43 Å². The number of nitrogens with zero attached hydrogens (tertiary/aromatic N) is 2. The number of rotatable bonds is 3. The average molecular weight is 337 g/mol. The first kappa shape index (κ1) is 14.5. The Labute approximate surface area is 104 Å². The summed E-state index contributed by atoms with van der Waals surface area (Å²) in [7, 11) is 0. The van der Waals surface area contributed by atoms with Crippen molar-refractivity contribution < 1.29 is 31.6 Å². The Morgan fingerprint density at radius 3 is 2.39 bits per heavy atom. The van der Waals surface area contributed by atoms with Gasteiger partial charge in [0, 0.05) is 0 Å². The van der Waals surface area contributed by atoms with Crippen LogP contribution in [-0.4, -0.2) is 16.3 Å². The summed E-state index contributed by atoms with van der Waals surface area (Å²) < 4.78 is 63.3. The van der Waals surface area contributed by atoms with Crippen molar-refractivity contribution in [2.75, 3.05) is 0 Å². The fourth-order valence-corrected chi connectivity index (χ4v) is 1.50. The zero-order valence-corrected chi connectivity index (χ0v) is 9.63. The summed E-state index contributed by atoms with van der Waals surface area (Å²) in [5.74, 6) is -1.42. The number of hydrogen-bond donors (Lipinski definition) is 0. The molecule has 0 radical (unpaired) electrons. The van der Waals surface area contributed by atoms with Crippen molar-refractivity contribution in [3.8, 4) is 5.75 Å². The third-order valence-electron chi connectivity index (χ3n) is 1.60. The van der Waals surface area contributed by atoms with Crippen LogP contribution in [0.3, 0.4) is 0 Å². The molecule has 0 saturated heterocycles. The quantitative estimate of drug-likeness (QED) is 0.480. The molecule has 0 unspecified atom stereocenters. The fraction of sp³-hybridized carbons (Fsp3) is 0.286. The van der Waals surface area contributed by atoms with Gasteiger partial charge < -0.3 is 4.74 Å². The lowest BCUT2D eigenvalue weighted by atomic mass is 10.3. The lowest BCUT2D eigenvalue weighted by Gasteiger charge is -2.13. The summed E-state index contributed by atoms with van der Waals surface area (Å²) in [6.07, 6.45) is -8.24. The molecule has 0 aliphatic heterocycles. The zero-order valence-electron chi connectivity index (χ0n) is 8.04. The molecule has 11 heteroatoms. The van der Waals surface area contributed by atoms with E-state index < -0.39 is 39.3 Å². The molecule has 5 nitrogen and oxygen atoms in total. The fourth-order valence-electron chi connectivity index (χ4n) is 0.970. The summed E-state index contributed by atoms with van der Waals surface area (Å²) in [6.45, 7) is 0. The smallest absolute Gasteiger partial charge is 0.402 e. The topological polar surface area (TPSA) is 65.3 Å². The van der Waals surface area contributed by atoms with Crippen LogP contribution in [0, 0.1) is 10.1 Å². The van der Waals surface area contributed by atoms with E-state index in [1.165, 1.54) is 0 Å². The van der Waals surface area contributed by atoms with E-state index in [0.29, 0.717) is 6.20 Å². The van der Waals surface area contributed by atoms with Crippen LogP contribution in [0.1, 0.15) is 12.1 Å². The molecule has 0 aromatic carbocycles. The maximum atomic E-state index is 12.4. The van der Waals surface area contributed by atoms with Crippen molar-refractivity contribution in [1.82, 2.24) is 4.98 Å². The SMILES string of the molecule is O=[N+]([O-])c1cnc(C(F)F)c(OC(F)(F)F)c1Br. The van der Waals surface area contributed by atoms with Crippen molar-refractivity contribution in [2.24, 2.45) is 0 Å². The van der Waals surface area contributed by atoms with Gasteiger partial charge in [-0.2, -0.15) is 0 Å². The van der Waals surface area contributed by atoms with E-state index in [2.05, 4.69) is 25.7 Å². The van der Waals surface area contributed by atoms with E-state index in [9.17, 15) is 32.1 Å². The second-order valence-corrected chi connectivity index (χ2v) is 3.57. The summed E-state index contributed by atoms with van der Waals surface area (Å²) in [5, 5.41) is 10.4. The van der Waals surface area contributed by atoms with Gasteiger partial charge in [-0.15, -0.1) is 13.2 Å². The monoisotopic (exact) mass is 336 g/mol. The molecule has 0 bridgehead atoms. The molecule has 0 fully saturated rings. The lowest BCUT2D eigenvalue weighted by Crippen LogP contribution is -2.19. The first-order valence-electron chi connectivity index (χ1n) is 4.00. The summed E-state index contributed by atoms with van der Waals surface area (Å²) in [6, 6.07) is 0. The van der Waals surface area contributed by atoms with Gasteiger partial charge >= 0.3 is 12.0 Å². The zero-order chi connectivity index (χ0) is 14.1. The number of pyridine rings is 1. The Balaban J connectivity index is 3.41. The number of halogens is 6. The molecule has 0 atom stereocenters. The van der Waals surface area contributed by atoms with Crippen molar-refractivity contribution in [3.05, 3.63) is 26.5 Å². The molecule has 100 valence electrons. The number of alkyl halides is 5. The van der Waals surface area contributed by atoms with E-state index >= 15 is 0 Å². The van der Waals surface area contributed by atoms with Crippen LogP contribution < -0.4 is 4.74 Å². The second-order valence-electron chi connectivity index (χ2n) is 2.78. The highest BCUT2D eigenvalue weighted by molar-refractivity contribution is 9.10. The minimum Gasteiger partial charge on any atom is -0.402 e. The first-order chi connectivity index (χ1) is 8.13. The van der Waals surface area contributed by atoms with Crippen LogP contribution in [0.4, 0.5) is 27.6 Å². The first-order valence-corrected chi connectivity index (χ1v) is 4.79. The van der Waals surface area contributed by atoms with E-state index in [1.54, 1.807) is 0 Å². The van der Waals surface area contributed by atoms with Crippen LogP contribution in [0.5, 0.6) is 5.75 Å². The predicted octanol–water partition coefficient (Wildman–Crippen LogP) is 3.59.